The second-order valence-electron chi connectivity index (χ2n) is 3.73. The van der Waals surface area contributed by atoms with Crippen molar-refractivity contribution >= 4 is 39.9 Å². The number of anilines is 2. The van der Waals surface area contributed by atoms with Crippen LogP contribution in [0.3, 0.4) is 0 Å². The standard InChI is InChI=1S/C10H11N5O2S2/c1-15(2)9-13-14-10(19-9)18-7-6(11)5(8(16)17)3-4-12-7/h3-4H,11H2,1-2H3,(H,16,17). The molecule has 2 aromatic rings. The first-order valence-electron chi connectivity index (χ1n) is 5.15. The van der Waals surface area contributed by atoms with Gasteiger partial charge in [0.05, 0.1) is 11.3 Å². The number of aromatic nitrogens is 3. The summed E-state index contributed by atoms with van der Waals surface area (Å²) in [5, 5.41) is 18.1. The highest BCUT2D eigenvalue weighted by Gasteiger charge is 2.15. The molecule has 0 aliphatic rings. The molecule has 0 fully saturated rings. The molecule has 0 saturated heterocycles. The highest BCUT2D eigenvalue weighted by Crippen LogP contribution is 2.35. The van der Waals surface area contributed by atoms with Gasteiger partial charge in [0.25, 0.3) is 0 Å². The molecule has 0 atom stereocenters. The summed E-state index contributed by atoms with van der Waals surface area (Å²) in [6.45, 7) is 0. The summed E-state index contributed by atoms with van der Waals surface area (Å²) in [6.07, 6.45) is 1.41. The Bertz CT molecular complexity index is 614. The maximum atomic E-state index is 11.0. The van der Waals surface area contributed by atoms with Crippen LogP contribution >= 0.6 is 23.1 Å². The molecule has 0 aliphatic carbocycles. The van der Waals surface area contributed by atoms with Crippen LogP contribution in [0.25, 0.3) is 0 Å². The molecule has 2 heterocycles. The number of hydrogen-bond donors (Lipinski definition) is 2. The van der Waals surface area contributed by atoms with Crippen molar-refractivity contribution < 1.29 is 9.90 Å². The largest absolute Gasteiger partial charge is 0.478 e. The number of pyridine rings is 1. The summed E-state index contributed by atoms with van der Waals surface area (Å²) in [7, 11) is 3.74. The first-order chi connectivity index (χ1) is 8.99. The molecule has 9 heteroatoms. The molecular weight excluding hydrogens is 286 g/mol. The molecule has 19 heavy (non-hydrogen) atoms. The lowest BCUT2D eigenvalue weighted by atomic mass is 10.2. The van der Waals surface area contributed by atoms with Crippen LogP contribution in [-0.2, 0) is 0 Å². The molecule has 0 saturated carbocycles. The molecule has 0 aromatic carbocycles. The van der Waals surface area contributed by atoms with Crippen LogP contribution in [0, 0.1) is 0 Å². The Morgan fingerprint density at radius 3 is 2.79 bits per heavy atom. The van der Waals surface area contributed by atoms with Gasteiger partial charge in [-0.15, -0.1) is 10.2 Å². The van der Waals surface area contributed by atoms with Gasteiger partial charge in [0, 0.05) is 20.3 Å². The van der Waals surface area contributed by atoms with Crippen molar-refractivity contribution in [1.82, 2.24) is 15.2 Å². The molecule has 2 aromatic heterocycles. The lowest BCUT2D eigenvalue weighted by Gasteiger charge is -2.05. The van der Waals surface area contributed by atoms with E-state index in [1.165, 1.54) is 35.4 Å². The van der Waals surface area contributed by atoms with Gasteiger partial charge in [0.1, 0.15) is 5.03 Å². The molecule has 3 N–H and O–H groups in total. The fourth-order valence-electron chi connectivity index (χ4n) is 1.23. The molecular formula is C10H11N5O2S2. The van der Waals surface area contributed by atoms with Crippen molar-refractivity contribution in [3.63, 3.8) is 0 Å². The highest BCUT2D eigenvalue weighted by atomic mass is 32.2. The van der Waals surface area contributed by atoms with Crippen LogP contribution in [0.4, 0.5) is 10.8 Å². The Morgan fingerprint density at radius 2 is 2.21 bits per heavy atom. The van der Waals surface area contributed by atoms with Gasteiger partial charge in [0.15, 0.2) is 4.34 Å². The summed E-state index contributed by atoms with van der Waals surface area (Å²) in [5.41, 5.74) is 5.96. The van der Waals surface area contributed by atoms with E-state index in [4.69, 9.17) is 10.8 Å². The predicted molar refractivity (Wildman–Crippen MR) is 74.0 cm³/mol. The van der Waals surface area contributed by atoms with Gasteiger partial charge in [-0.25, -0.2) is 9.78 Å². The summed E-state index contributed by atoms with van der Waals surface area (Å²) in [5.74, 6) is -1.08. The van der Waals surface area contributed by atoms with E-state index in [0.29, 0.717) is 9.37 Å². The van der Waals surface area contributed by atoms with E-state index in [-0.39, 0.29) is 11.3 Å². The zero-order chi connectivity index (χ0) is 14.0. The normalized spacial score (nSPS) is 10.4. The van der Waals surface area contributed by atoms with Gasteiger partial charge in [-0.3, -0.25) is 0 Å². The molecule has 7 nitrogen and oxygen atoms in total. The van der Waals surface area contributed by atoms with Gasteiger partial charge in [-0.2, -0.15) is 0 Å². The number of nitrogen functional groups attached to an aromatic ring is 1. The fourth-order valence-corrected chi connectivity index (χ4v) is 2.94. The number of nitrogens with two attached hydrogens (primary N) is 1. The summed E-state index contributed by atoms with van der Waals surface area (Å²) in [6, 6.07) is 1.37. The van der Waals surface area contributed by atoms with Crippen molar-refractivity contribution in [2.75, 3.05) is 24.7 Å². The minimum atomic E-state index is -1.08. The van der Waals surface area contributed by atoms with Gasteiger partial charge < -0.3 is 15.7 Å². The number of carboxylic acids is 1. The number of carbonyl (C=O) groups is 1. The number of aromatic carboxylic acids is 1. The van der Waals surface area contributed by atoms with E-state index in [2.05, 4.69) is 15.2 Å². The molecule has 0 bridgehead atoms. The molecule has 0 radical (unpaired) electrons. The van der Waals surface area contributed by atoms with Crippen molar-refractivity contribution in [2.45, 2.75) is 9.37 Å². The lowest BCUT2D eigenvalue weighted by molar-refractivity contribution is 0.0697. The van der Waals surface area contributed by atoms with Crippen LogP contribution in [-0.4, -0.2) is 40.4 Å². The molecule has 0 amide bonds. The van der Waals surface area contributed by atoms with E-state index in [1.807, 2.05) is 19.0 Å². The monoisotopic (exact) mass is 297 g/mol. The average Bonchev–Trinajstić information content (AvgIpc) is 2.80. The topological polar surface area (TPSA) is 105 Å². The Balaban J connectivity index is 2.28. The first-order valence-corrected chi connectivity index (χ1v) is 6.78. The summed E-state index contributed by atoms with van der Waals surface area (Å²) >= 11 is 2.59. The van der Waals surface area contributed by atoms with Gasteiger partial charge in [0.2, 0.25) is 5.13 Å². The maximum Gasteiger partial charge on any atom is 0.337 e. The van der Waals surface area contributed by atoms with Crippen LogP contribution < -0.4 is 10.6 Å². The molecule has 100 valence electrons. The van der Waals surface area contributed by atoms with E-state index >= 15 is 0 Å². The molecule has 0 unspecified atom stereocenters. The number of nitrogens with zero attached hydrogens (tertiary/aromatic N) is 4. The number of hydrogen-bond acceptors (Lipinski definition) is 8. The van der Waals surface area contributed by atoms with Crippen LogP contribution in [0.1, 0.15) is 10.4 Å². The third-order valence-electron chi connectivity index (χ3n) is 2.15. The lowest BCUT2D eigenvalue weighted by Crippen LogP contribution is -2.07. The molecule has 2 rings (SSSR count). The second kappa shape index (κ2) is 5.41. The van der Waals surface area contributed by atoms with Gasteiger partial charge in [-0.1, -0.05) is 11.3 Å². The number of rotatable bonds is 4. The van der Waals surface area contributed by atoms with Gasteiger partial charge >= 0.3 is 5.97 Å². The van der Waals surface area contributed by atoms with Crippen molar-refractivity contribution in [1.29, 1.82) is 0 Å². The van der Waals surface area contributed by atoms with E-state index in [0.717, 1.165) is 5.13 Å². The van der Waals surface area contributed by atoms with Crippen molar-refractivity contribution in [2.24, 2.45) is 0 Å². The highest BCUT2D eigenvalue weighted by molar-refractivity contribution is 8.01. The predicted octanol–water partition coefficient (Wildman–Crippen LogP) is 1.43. The third kappa shape index (κ3) is 2.93. The molecule has 0 spiro atoms. The Morgan fingerprint density at radius 1 is 1.47 bits per heavy atom. The minimum absolute atomic E-state index is 0.0369. The fraction of sp³-hybridized carbons (Fsp3) is 0.200. The van der Waals surface area contributed by atoms with Crippen LogP contribution in [0.15, 0.2) is 21.6 Å². The minimum Gasteiger partial charge on any atom is -0.478 e. The van der Waals surface area contributed by atoms with E-state index in [9.17, 15) is 4.79 Å². The van der Waals surface area contributed by atoms with Crippen molar-refractivity contribution in [3.05, 3.63) is 17.8 Å². The summed E-state index contributed by atoms with van der Waals surface area (Å²) in [4.78, 5) is 16.9. The average molecular weight is 297 g/mol. The zero-order valence-corrected chi connectivity index (χ0v) is 11.8. The SMILES string of the molecule is CN(C)c1nnc(Sc2nccc(C(=O)O)c2N)s1. The smallest absolute Gasteiger partial charge is 0.337 e. The maximum absolute atomic E-state index is 11.0. The van der Waals surface area contributed by atoms with Gasteiger partial charge in [-0.05, 0) is 17.8 Å². The Labute approximate surface area is 117 Å². The quantitative estimate of drug-likeness (QED) is 0.873. The van der Waals surface area contributed by atoms with E-state index in [1.54, 1.807) is 0 Å². The Hall–Kier alpha value is -1.87. The van der Waals surface area contributed by atoms with E-state index < -0.39 is 5.97 Å². The molecule has 0 aliphatic heterocycles. The van der Waals surface area contributed by atoms with Crippen LogP contribution in [0.5, 0.6) is 0 Å². The third-order valence-corrected chi connectivity index (χ3v) is 4.31. The summed E-state index contributed by atoms with van der Waals surface area (Å²) < 4.78 is 0.658. The second-order valence-corrected chi connectivity index (χ2v) is 5.92. The Kier molecular flexibility index (Phi) is 3.86. The number of carboxylic acid groups (broad SMARTS) is 1. The zero-order valence-electron chi connectivity index (χ0n) is 10.2. The van der Waals surface area contributed by atoms with Crippen LogP contribution in [0.2, 0.25) is 0 Å². The first kappa shape index (κ1) is 13.6. The van der Waals surface area contributed by atoms with Crippen molar-refractivity contribution in [3.8, 4) is 0 Å².